The third-order valence-corrected chi connectivity index (χ3v) is 7.93. The maximum absolute atomic E-state index is 13.1. The standard InChI is InChI=1S/C31H28ClN5O3/c32-26-17-27-29(34-28(26)21-6-9-23(10-7-21)36-12-14-39-15-13-36)35-31(33-27)40-24-11-8-22-19-37(30(38)25(22)16-24)18-20-4-2-1-3-5-20/h1-6,8-11,16-17,21H,7,12-15,18-19H2,(H,33,34,35). The number of halogens is 1. The van der Waals surface area contributed by atoms with Crippen molar-refractivity contribution in [1.82, 2.24) is 24.8 Å². The molecule has 202 valence electrons. The SMILES string of the molecule is O=C1c2cc(Oc3nc4nc(C5C=CC(N6CCOCC6)=CC5)c(Cl)cc4[nH]3)ccc2CN1Cc1ccccc1. The van der Waals surface area contributed by atoms with Gasteiger partial charge in [-0.25, -0.2) is 4.98 Å². The van der Waals surface area contributed by atoms with E-state index in [1.165, 1.54) is 5.70 Å². The van der Waals surface area contributed by atoms with Crippen LogP contribution in [0.15, 0.2) is 78.5 Å². The normalized spacial score (nSPS) is 18.8. The number of amides is 1. The van der Waals surface area contributed by atoms with E-state index < -0.39 is 0 Å². The maximum atomic E-state index is 13.1. The molecule has 0 saturated carbocycles. The highest BCUT2D eigenvalue weighted by atomic mass is 35.5. The lowest BCUT2D eigenvalue weighted by Gasteiger charge is -2.31. The number of benzene rings is 2. The molecule has 2 aromatic carbocycles. The minimum Gasteiger partial charge on any atom is -0.426 e. The van der Waals surface area contributed by atoms with Crippen molar-refractivity contribution in [1.29, 1.82) is 0 Å². The monoisotopic (exact) mass is 553 g/mol. The smallest absolute Gasteiger partial charge is 0.301 e. The van der Waals surface area contributed by atoms with Crippen LogP contribution < -0.4 is 4.74 Å². The van der Waals surface area contributed by atoms with E-state index in [-0.39, 0.29) is 11.8 Å². The van der Waals surface area contributed by atoms with Gasteiger partial charge in [0, 0.05) is 43.4 Å². The van der Waals surface area contributed by atoms with Gasteiger partial charge in [0.05, 0.1) is 29.4 Å². The molecule has 0 spiro atoms. The number of rotatable bonds is 6. The number of nitrogens with zero attached hydrogens (tertiary/aromatic N) is 4. The van der Waals surface area contributed by atoms with Gasteiger partial charge in [0.25, 0.3) is 5.91 Å². The fraction of sp³-hybridized carbons (Fsp3) is 0.258. The van der Waals surface area contributed by atoms with E-state index in [0.717, 1.165) is 49.5 Å². The van der Waals surface area contributed by atoms with E-state index in [1.807, 2.05) is 53.4 Å². The average molecular weight is 554 g/mol. The lowest BCUT2D eigenvalue weighted by molar-refractivity contribution is 0.0551. The third kappa shape index (κ3) is 4.85. The van der Waals surface area contributed by atoms with Crippen molar-refractivity contribution in [3.63, 3.8) is 0 Å². The van der Waals surface area contributed by atoms with E-state index in [1.54, 1.807) is 6.07 Å². The predicted octanol–water partition coefficient (Wildman–Crippen LogP) is 5.82. The zero-order chi connectivity index (χ0) is 27.1. The second-order valence-electron chi connectivity index (χ2n) is 10.3. The molecule has 1 atom stereocenters. The Morgan fingerprint density at radius 3 is 2.73 bits per heavy atom. The Bertz CT molecular complexity index is 1640. The molecule has 1 saturated heterocycles. The number of morpholine rings is 1. The summed E-state index contributed by atoms with van der Waals surface area (Å²) in [6.45, 7) is 4.49. The lowest BCUT2D eigenvalue weighted by Crippen LogP contribution is -2.35. The summed E-state index contributed by atoms with van der Waals surface area (Å²) in [5, 5.41) is 0.585. The van der Waals surface area contributed by atoms with Crippen molar-refractivity contribution in [2.24, 2.45) is 0 Å². The first kappa shape index (κ1) is 24.9. The zero-order valence-corrected chi connectivity index (χ0v) is 22.6. The first-order valence-corrected chi connectivity index (χ1v) is 13.9. The fourth-order valence-electron chi connectivity index (χ4n) is 5.53. The van der Waals surface area contributed by atoms with Gasteiger partial charge in [-0.15, -0.1) is 0 Å². The molecular weight excluding hydrogens is 526 g/mol. The number of pyridine rings is 1. The second kappa shape index (κ2) is 10.4. The molecule has 1 fully saturated rings. The molecule has 2 aromatic heterocycles. The molecule has 4 heterocycles. The summed E-state index contributed by atoms with van der Waals surface area (Å²) in [6.07, 6.45) is 7.38. The Hall–Kier alpha value is -4.14. The Morgan fingerprint density at radius 2 is 1.93 bits per heavy atom. The quantitative estimate of drug-likeness (QED) is 0.324. The minimum absolute atomic E-state index is 0.00152. The van der Waals surface area contributed by atoms with Gasteiger partial charge in [-0.05, 0) is 41.8 Å². The predicted molar refractivity (Wildman–Crippen MR) is 152 cm³/mol. The number of hydrogen-bond acceptors (Lipinski definition) is 6. The molecule has 0 radical (unpaired) electrons. The van der Waals surface area contributed by atoms with Crippen LogP contribution in [0.2, 0.25) is 5.02 Å². The molecule has 1 unspecified atom stereocenters. The number of H-pyrrole nitrogens is 1. The van der Waals surface area contributed by atoms with Crippen molar-refractivity contribution in [2.75, 3.05) is 26.3 Å². The largest absolute Gasteiger partial charge is 0.426 e. The average Bonchev–Trinajstić information content (AvgIpc) is 3.52. The molecule has 3 aliphatic rings. The van der Waals surface area contributed by atoms with Crippen molar-refractivity contribution in [2.45, 2.75) is 25.4 Å². The second-order valence-corrected chi connectivity index (χ2v) is 10.7. The molecule has 1 N–H and O–H groups in total. The van der Waals surface area contributed by atoms with Gasteiger partial charge >= 0.3 is 6.01 Å². The summed E-state index contributed by atoms with van der Waals surface area (Å²) in [5.74, 6) is 0.609. The summed E-state index contributed by atoms with van der Waals surface area (Å²) < 4.78 is 11.5. The molecule has 40 heavy (non-hydrogen) atoms. The maximum Gasteiger partial charge on any atom is 0.301 e. The van der Waals surface area contributed by atoms with Crippen LogP contribution in [0.25, 0.3) is 11.2 Å². The number of allylic oxidation sites excluding steroid dienone is 3. The summed E-state index contributed by atoms with van der Waals surface area (Å²) >= 11 is 6.67. The van der Waals surface area contributed by atoms with Crippen LogP contribution >= 0.6 is 11.6 Å². The number of fused-ring (bicyclic) bond motifs is 2. The Labute approximate surface area is 236 Å². The van der Waals surface area contributed by atoms with E-state index in [0.29, 0.717) is 46.6 Å². The summed E-state index contributed by atoms with van der Waals surface area (Å²) in [7, 11) is 0. The van der Waals surface area contributed by atoms with Gasteiger partial charge < -0.3 is 24.3 Å². The van der Waals surface area contributed by atoms with Crippen molar-refractivity contribution >= 4 is 28.7 Å². The fourth-order valence-corrected chi connectivity index (χ4v) is 5.82. The molecule has 1 aliphatic carbocycles. The van der Waals surface area contributed by atoms with Crippen molar-refractivity contribution in [3.8, 4) is 11.8 Å². The van der Waals surface area contributed by atoms with Crippen LogP contribution in [0.4, 0.5) is 0 Å². The number of aromatic amines is 1. The summed E-state index contributed by atoms with van der Waals surface area (Å²) in [6, 6.07) is 17.7. The van der Waals surface area contributed by atoms with E-state index >= 15 is 0 Å². The van der Waals surface area contributed by atoms with Crippen LogP contribution in [0.3, 0.4) is 0 Å². The van der Waals surface area contributed by atoms with Gasteiger partial charge in [0.1, 0.15) is 5.75 Å². The third-order valence-electron chi connectivity index (χ3n) is 7.63. The number of imidazole rings is 1. The number of carbonyl (C=O) groups excluding carboxylic acids is 1. The molecule has 4 aromatic rings. The Balaban J connectivity index is 1.06. The summed E-state index contributed by atoms with van der Waals surface area (Å²) in [4.78, 5) is 29.8. The zero-order valence-electron chi connectivity index (χ0n) is 21.8. The highest BCUT2D eigenvalue weighted by Gasteiger charge is 2.28. The molecule has 7 rings (SSSR count). The summed E-state index contributed by atoms with van der Waals surface area (Å²) in [5.41, 5.74) is 6.00. The highest BCUT2D eigenvalue weighted by Crippen LogP contribution is 2.34. The van der Waals surface area contributed by atoms with Gasteiger partial charge in [0.2, 0.25) is 0 Å². The Morgan fingerprint density at radius 1 is 1.07 bits per heavy atom. The van der Waals surface area contributed by atoms with E-state index in [9.17, 15) is 4.79 Å². The molecule has 9 heteroatoms. The van der Waals surface area contributed by atoms with Crippen molar-refractivity contribution < 1.29 is 14.3 Å². The molecule has 2 aliphatic heterocycles. The van der Waals surface area contributed by atoms with Crippen LogP contribution in [0.5, 0.6) is 11.8 Å². The number of aromatic nitrogens is 3. The number of nitrogens with one attached hydrogen (secondary N) is 1. The number of ether oxygens (including phenoxy) is 2. The molecule has 0 bridgehead atoms. The lowest BCUT2D eigenvalue weighted by atomic mass is 9.95. The highest BCUT2D eigenvalue weighted by molar-refractivity contribution is 6.31. The molecule has 8 nitrogen and oxygen atoms in total. The Kier molecular flexibility index (Phi) is 6.49. The molecule has 1 amide bonds. The van der Waals surface area contributed by atoms with Crippen LogP contribution in [-0.2, 0) is 17.8 Å². The van der Waals surface area contributed by atoms with Crippen molar-refractivity contribution in [3.05, 3.63) is 106 Å². The van der Waals surface area contributed by atoms with Crippen LogP contribution in [0.1, 0.15) is 39.5 Å². The van der Waals surface area contributed by atoms with Crippen LogP contribution in [0, 0.1) is 0 Å². The van der Waals surface area contributed by atoms with Gasteiger partial charge in [-0.2, -0.15) is 4.98 Å². The first-order valence-electron chi connectivity index (χ1n) is 13.5. The number of hydrogen-bond donors (Lipinski definition) is 1. The minimum atomic E-state index is -0.00152. The van der Waals surface area contributed by atoms with E-state index in [4.69, 9.17) is 26.1 Å². The number of carbonyl (C=O) groups is 1. The molecular formula is C31H28ClN5O3. The van der Waals surface area contributed by atoms with Gasteiger partial charge in [0.15, 0.2) is 5.65 Å². The van der Waals surface area contributed by atoms with Gasteiger partial charge in [-0.3, -0.25) is 4.79 Å². The van der Waals surface area contributed by atoms with Crippen LogP contribution in [-0.4, -0.2) is 57.0 Å². The first-order chi connectivity index (χ1) is 19.6. The van der Waals surface area contributed by atoms with E-state index in [2.05, 4.69) is 33.1 Å². The van der Waals surface area contributed by atoms with Gasteiger partial charge in [-0.1, -0.05) is 60.2 Å². The topological polar surface area (TPSA) is 83.6 Å².